The third-order valence-electron chi connectivity index (χ3n) is 5.84. The number of aryl methyl sites for hydroxylation is 1. The molecule has 1 heterocycles. The van der Waals surface area contributed by atoms with E-state index in [0.29, 0.717) is 6.54 Å². The van der Waals surface area contributed by atoms with Crippen LogP contribution in [-0.4, -0.2) is 43.6 Å². The molecule has 1 aliphatic carbocycles. The summed E-state index contributed by atoms with van der Waals surface area (Å²) in [5, 5.41) is 11.2. The van der Waals surface area contributed by atoms with E-state index < -0.39 is 0 Å². The number of aromatic nitrogens is 2. The van der Waals surface area contributed by atoms with Gasteiger partial charge in [-0.15, -0.1) is 0 Å². The van der Waals surface area contributed by atoms with Crippen molar-refractivity contribution < 1.29 is 9.47 Å². The Hall–Kier alpha value is -2.70. The van der Waals surface area contributed by atoms with Gasteiger partial charge in [0, 0.05) is 44.4 Å². The molecule has 7 nitrogen and oxygen atoms in total. The summed E-state index contributed by atoms with van der Waals surface area (Å²) in [4.78, 5) is 4.40. The van der Waals surface area contributed by atoms with Crippen LogP contribution in [0.15, 0.2) is 35.6 Å². The molecular formula is C22H33N5O2. The Morgan fingerprint density at radius 1 is 1.14 bits per heavy atom. The first-order chi connectivity index (χ1) is 14.1. The zero-order valence-electron chi connectivity index (χ0n) is 18.0. The Kier molecular flexibility index (Phi) is 7.01. The average Bonchev–Trinajstić information content (AvgIpc) is 3.19. The molecule has 1 aliphatic rings. The van der Waals surface area contributed by atoms with Gasteiger partial charge in [0.05, 0.1) is 20.4 Å². The van der Waals surface area contributed by atoms with Crippen molar-refractivity contribution in [2.75, 3.05) is 27.8 Å². The molecule has 0 unspecified atom stereocenters. The van der Waals surface area contributed by atoms with Gasteiger partial charge in [-0.05, 0) is 30.5 Å². The third kappa shape index (κ3) is 5.02. The minimum atomic E-state index is 0.0592. The normalized spacial score (nSPS) is 16.3. The molecule has 2 aromatic rings. The molecule has 0 atom stereocenters. The van der Waals surface area contributed by atoms with Gasteiger partial charge < -0.3 is 20.1 Å². The predicted octanol–water partition coefficient (Wildman–Crippen LogP) is 3.00. The van der Waals surface area contributed by atoms with Crippen molar-refractivity contribution in [1.29, 1.82) is 0 Å². The largest absolute Gasteiger partial charge is 0.493 e. The van der Waals surface area contributed by atoms with E-state index in [-0.39, 0.29) is 5.41 Å². The average molecular weight is 400 g/mol. The Morgan fingerprint density at radius 2 is 1.90 bits per heavy atom. The Morgan fingerprint density at radius 3 is 2.52 bits per heavy atom. The number of ether oxygens (including phenoxy) is 2. The lowest BCUT2D eigenvalue weighted by atomic mass is 9.69. The maximum atomic E-state index is 5.56. The third-order valence-corrected chi connectivity index (χ3v) is 5.84. The van der Waals surface area contributed by atoms with Crippen molar-refractivity contribution in [2.45, 2.75) is 44.1 Å². The second-order valence-corrected chi connectivity index (χ2v) is 7.71. The van der Waals surface area contributed by atoms with Gasteiger partial charge in [0.2, 0.25) is 0 Å². The highest BCUT2D eigenvalue weighted by molar-refractivity contribution is 5.79. The van der Waals surface area contributed by atoms with E-state index in [0.717, 1.165) is 42.4 Å². The summed E-state index contributed by atoms with van der Waals surface area (Å²) in [7, 11) is 7.10. The first-order valence-corrected chi connectivity index (χ1v) is 10.2. The quantitative estimate of drug-likeness (QED) is 0.553. The van der Waals surface area contributed by atoms with Crippen LogP contribution in [0.2, 0.25) is 0 Å². The number of aliphatic imine (C=N–C) groups is 1. The van der Waals surface area contributed by atoms with E-state index >= 15 is 0 Å². The van der Waals surface area contributed by atoms with Crippen LogP contribution >= 0.6 is 0 Å². The molecule has 158 valence electrons. The highest BCUT2D eigenvalue weighted by Gasteiger charge is 2.34. The van der Waals surface area contributed by atoms with Gasteiger partial charge in [-0.2, -0.15) is 5.10 Å². The number of hydrogen-bond donors (Lipinski definition) is 2. The smallest absolute Gasteiger partial charge is 0.191 e. The van der Waals surface area contributed by atoms with Crippen molar-refractivity contribution in [3.63, 3.8) is 0 Å². The molecule has 2 N–H and O–H groups in total. The van der Waals surface area contributed by atoms with Crippen molar-refractivity contribution >= 4 is 5.96 Å². The molecule has 1 saturated carbocycles. The molecule has 1 fully saturated rings. The van der Waals surface area contributed by atoms with E-state index in [2.05, 4.69) is 32.9 Å². The summed E-state index contributed by atoms with van der Waals surface area (Å²) >= 11 is 0. The van der Waals surface area contributed by atoms with Crippen molar-refractivity contribution in [3.05, 3.63) is 41.7 Å². The lowest BCUT2D eigenvalue weighted by Gasteiger charge is -2.38. The van der Waals surface area contributed by atoms with E-state index in [4.69, 9.17) is 9.47 Å². The molecule has 7 heteroatoms. The van der Waals surface area contributed by atoms with E-state index in [1.807, 2.05) is 32.6 Å². The molecule has 1 aromatic carbocycles. The molecule has 0 saturated heterocycles. The van der Waals surface area contributed by atoms with Crippen LogP contribution in [0.3, 0.4) is 0 Å². The number of methoxy groups -OCH3 is 2. The maximum absolute atomic E-state index is 5.56. The van der Waals surface area contributed by atoms with Crippen molar-refractivity contribution in [3.8, 4) is 11.5 Å². The highest BCUT2D eigenvalue weighted by Crippen LogP contribution is 2.42. The summed E-state index contributed by atoms with van der Waals surface area (Å²) in [5.41, 5.74) is 2.48. The summed E-state index contributed by atoms with van der Waals surface area (Å²) in [5.74, 6) is 2.36. The van der Waals surface area contributed by atoms with Crippen LogP contribution in [0.5, 0.6) is 11.5 Å². The Labute approximate surface area is 173 Å². The molecular weight excluding hydrogens is 366 g/mol. The van der Waals surface area contributed by atoms with Gasteiger partial charge in [0.15, 0.2) is 17.5 Å². The molecule has 0 spiro atoms. The van der Waals surface area contributed by atoms with Crippen molar-refractivity contribution in [1.82, 2.24) is 20.4 Å². The monoisotopic (exact) mass is 399 g/mol. The minimum Gasteiger partial charge on any atom is -0.493 e. The van der Waals surface area contributed by atoms with Gasteiger partial charge in [0.25, 0.3) is 0 Å². The van der Waals surface area contributed by atoms with Gasteiger partial charge >= 0.3 is 0 Å². The summed E-state index contributed by atoms with van der Waals surface area (Å²) < 4.78 is 12.8. The number of benzene rings is 1. The SMILES string of the molecule is CN=C(NCc1cnn(C)c1)NCC1(c2ccc(OC)c(OC)c2)CCCCC1. The summed E-state index contributed by atoms with van der Waals surface area (Å²) in [6.07, 6.45) is 9.93. The number of guanidine groups is 1. The number of hydrogen-bond acceptors (Lipinski definition) is 4. The highest BCUT2D eigenvalue weighted by atomic mass is 16.5. The molecule has 0 radical (unpaired) electrons. The fourth-order valence-electron chi connectivity index (χ4n) is 4.18. The molecule has 29 heavy (non-hydrogen) atoms. The second-order valence-electron chi connectivity index (χ2n) is 7.71. The molecule has 0 amide bonds. The van der Waals surface area contributed by atoms with Gasteiger partial charge in [-0.1, -0.05) is 25.3 Å². The van der Waals surface area contributed by atoms with Crippen LogP contribution < -0.4 is 20.1 Å². The molecule has 0 aliphatic heterocycles. The summed E-state index contributed by atoms with van der Waals surface area (Å²) in [6, 6.07) is 6.33. The van der Waals surface area contributed by atoms with E-state index in [1.165, 1.54) is 24.8 Å². The van der Waals surface area contributed by atoms with E-state index in [1.54, 1.807) is 18.9 Å². The first kappa shape index (κ1) is 21.0. The maximum Gasteiger partial charge on any atom is 0.191 e. The van der Waals surface area contributed by atoms with Gasteiger partial charge in [0.1, 0.15) is 0 Å². The fourth-order valence-corrected chi connectivity index (χ4v) is 4.18. The standard InChI is InChI=1S/C22H33N5O2/c1-23-21(24-13-17-14-26-27(2)15-17)25-16-22(10-6-5-7-11-22)18-8-9-19(28-3)20(12-18)29-4/h8-9,12,14-15H,5-7,10-11,13,16H2,1-4H3,(H2,23,24,25). The minimum absolute atomic E-state index is 0.0592. The lowest BCUT2D eigenvalue weighted by molar-refractivity contribution is 0.288. The molecule has 3 rings (SSSR count). The predicted molar refractivity (Wildman–Crippen MR) is 116 cm³/mol. The summed E-state index contributed by atoms with van der Waals surface area (Å²) in [6.45, 7) is 1.52. The van der Waals surface area contributed by atoms with Crippen LogP contribution in [0.4, 0.5) is 0 Å². The topological polar surface area (TPSA) is 72.7 Å². The number of rotatable bonds is 7. The second kappa shape index (κ2) is 9.67. The zero-order chi connectivity index (χ0) is 20.7. The molecule has 1 aromatic heterocycles. The van der Waals surface area contributed by atoms with Crippen LogP contribution in [0.25, 0.3) is 0 Å². The Bertz CT molecular complexity index is 824. The van der Waals surface area contributed by atoms with Gasteiger partial charge in [-0.25, -0.2) is 0 Å². The first-order valence-electron chi connectivity index (χ1n) is 10.2. The zero-order valence-corrected chi connectivity index (χ0v) is 18.0. The van der Waals surface area contributed by atoms with E-state index in [9.17, 15) is 0 Å². The molecule has 0 bridgehead atoms. The lowest BCUT2D eigenvalue weighted by Crippen LogP contribution is -2.46. The Balaban J connectivity index is 1.72. The van der Waals surface area contributed by atoms with Crippen LogP contribution in [0.1, 0.15) is 43.2 Å². The number of nitrogens with one attached hydrogen (secondary N) is 2. The fraction of sp³-hybridized carbons (Fsp3) is 0.545. The number of nitrogens with zero attached hydrogens (tertiary/aromatic N) is 3. The van der Waals surface area contributed by atoms with Gasteiger partial charge in [-0.3, -0.25) is 9.67 Å². The van der Waals surface area contributed by atoms with Crippen LogP contribution in [0, 0.1) is 0 Å². The van der Waals surface area contributed by atoms with Crippen LogP contribution in [-0.2, 0) is 19.0 Å². The van der Waals surface area contributed by atoms with Crippen molar-refractivity contribution in [2.24, 2.45) is 12.0 Å².